The van der Waals surface area contributed by atoms with E-state index in [1.807, 2.05) is 19.1 Å². The molecule has 6 nitrogen and oxygen atoms in total. The van der Waals surface area contributed by atoms with Crippen molar-refractivity contribution in [1.82, 2.24) is 5.16 Å². The van der Waals surface area contributed by atoms with Gasteiger partial charge in [-0.25, -0.2) is 4.21 Å². The van der Waals surface area contributed by atoms with Crippen molar-refractivity contribution >= 4 is 22.8 Å². The molecule has 0 aliphatic carbocycles. The summed E-state index contributed by atoms with van der Waals surface area (Å²) in [6.07, 6.45) is 0. The minimum atomic E-state index is -1.67. The summed E-state index contributed by atoms with van der Waals surface area (Å²) in [7, 11) is 0. The number of aryl methyl sites for hydroxylation is 2. The van der Waals surface area contributed by atoms with Crippen LogP contribution in [0.2, 0.25) is 0 Å². The van der Waals surface area contributed by atoms with Gasteiger partial charge < -0.3 is 9.84 Å². The zero-order valence-corrected chi connectivity index (χ0v) is 11.9. The molecule has 1 N–H and O–H groups in total. The van der Waals surface area contributed by atoms with E-state index in [9.17, 15) is 9.00 Å². The fourth-order valence-corrected chi connectivity index (χ4v) is 2.14. The van der Waals surface area contributed by atoms with Crippen molar-refractivity contribution in [3.05, 3.63) is 41.7 Å². The van der Waals surface area contributed by atoms with Crippen LogP contribution < -0.4 is 5.32 Å². The Morgan fingerprint density at radius 1 is 1.35 bits per heavy atom. The Morgan fingerprint density at radius 3 is 2.65 bits per heavy atom. The van der Waals surface area contributed by atoms with Crippen LogP contribution in [0, 0.1) is 13.8 Å². The highest BCUT2D eigenvalue weighted by Gasteiger charge is 2.10. The Hall–Kier alpha value is -1.99. The lowest BCUT2D eigenvalue weighted by atomic mass is 10.2. The predicted octanol–water partition coefficient (Wildman–Crippen LogP) is 1.97. The second-order valence-electron chi connectivity index (χ2n) is 4.18. The van der Waals surface area contributed by atoms with Gasteiger partial charge >= 0.3 is 0 Å². The molecule has 20 heavy (non-hydrogen) atoms. The van der Waals surface area contributed by atoms with Gasteiger partial charge in [-0.1, -0.05) is 22.9 Å². The summed E-state index contributed by atoms with van der Waals surface area (Å²) in [6.45, 7) is 3.32. The van der Waals surface area contributed by atoms with Crippen molar-refractivity contribution in [3.8, 4) is 0 Å². The first kappa shape index (κ1) is 14.4. The minimum Gasteiger partial charge on any atom is -0.360 e. The van der Waals surface area contributed by atoms with Gasteiger partial charge in [-0.2, -0.15) is 0 Å². The van der Waals surface area contributed by atoms with Crippen LogP contribution in [0.15, 0.2) is 39.8 Å². The van der Waals surface area contributed by atoms with E-state index >= 15 is 0 Å². The molecular formula is C13H14N2O4S. The van der Waals surface area contributed by atoms with Crippen molar-refractivity contribution < 1.29 is 17.7 Å². The van der Waals surface area contributed by atoms with Gasteiger partial charge in [0.25, 0.3) is 5.91 Å². The molecule has 0 fully saturated rings. The highest BCUT2D eigenvalue weighted by Crippen LogP contribution is 2.10. The molecular weight excluding hydrogens is 280 g/mol. The van der Waals surface area contributed by atoms with E-state index in [2.05, 4.69) is 10.5 Å². The quantitative estimate of drug-likeness (QED) is 0.911. The lowest BCUT2D eigenvalue weighted by molar-refractivity contribution is -0.117. The van der Waals surface area contributed by atoms with E-state index < -0.39 is 17.0 Å². The number of carbonyl (C=O) groups is 1. The molecule has 1 aromatic carbocycles. The third-order valence-electron chi connectivity index (χ3n) is 2.41. The average molecular weight is 294 g/mol. The fraction of sp³-hybridized carbons (Fsp3) is 0.231. The maximum atomic E-state index is 11.8. The Labute approximate surface area is 118 Å². The van der Waals surface area contributed by atoms with E-state index in [1.165, 1.54) is 0 Å². The lowest BCUT2D eigenvalue weighted by Crippen LogP contribution is -2.19. The second-order valence-corrected chi connectivity index (χ2v) is 5.36. The number of anilines is 1. The van der Waals surface area contributed by atoms with Gasteiger partial charge in [-0.15, -0.1) is 0 Å². The number of nitrogens with one attached hydrogen (secondary N) is 1. The first-order valence-electron chi connectivity index (χ1n) is 5.89. The highest BCUT2D eigenvalue weighted by atomic mass is 32.2. The molecule has 1 atom stereocenters. The summed E-state index contributed by atoms with van der Waals surface area (Å²) in [6, 6.07) is 8.63. The maximum absolute atomic E-state index is 11.8. The third-order valence-corrected chi connectivity index (χ3v) is 3.39. The molecule has 2 rings (SSSR count). The van der Waals surface area contributed by atoms with E-state index in [1.54, 1.807) is 25.1 Å². The average Bonchev–Trinajstić information content (AvgIpc) is 2.82. The summed E-state index contributed by atoms with van der Waals surface area (Å²) in [5.74, 6) is 0.445. The Balaban J connectivity index is 1.84. The van der Waals surface area contributed by atoms with E-state index in [0.717, 1.165) is 5.56 Å². The number of hydrogen-bond donors (Lipinski definition) is 1. The van der Waals surface area contributed by atoms with Gasteiger partial charge in [0.2, 0.25) is 0 Å². The fourth-order valence-electron chi connectivity index (χ4n) is 1.43. The first-order chi connectivity index (χ1) is 9.54. The summed E-state index contributed by atoms with van der Waals surface area (Å²) in [5.41, 5.74) is 1.06. The Kier molecular flexibility index (Phi) is 4.65. The molecule has 1 heterocycles. The normalized spacial score (nSPS) is 12.1. The lowest BCUT2D eigenvalue weighted by Gasteiger charge is -2.03. The number of amides is 1. The molecule has 0 saturated carbocycles. The van der Waals surface area contributed by atoms with Crippen LogP contribution in [-0.4, -0.2) is 21.9 Å². The second kappa shape index (κ2) is 6.44. The molecule has 0 aliphatic heterocycles. The Morgan fingerprint density at radius 2 is 2.05 bits per heavy atom. The zero-order chi connectivity index (χ0) is 14.5. The van der Waals surface area contributed by atoms with Gasteiger partial charge in [-0.3, -0.25) is 8.98 Å². The molecule has 0 aliphatic rings. The number of hydrogen-bond acceptors (Lipinski definition) is 5. The number of nitrogens with zero attached hydrogens (tertiary/aromatic N) is 1. The predicted molar refractivity (Wildman–Crippen MR) is 73.4 cm³/mol. The standard InChI is InChI=1S/C13H14N2O4S/c1-9-3-5-11(6-4-9)20(17)18-8-13(16)14-12-7-10(2)19-15-12/h3-7H,8H2,1-2H3,(H,14,15,16)/t20-/m1/s1. The van der Waals surface area contributed by atoms with Crippen molar-refractivity contribution in [1.29, 1.82) is 0 Å². The van der Waals surface area contributed by atoms with Gasteiger partial charge in [0.05, 0.1) is 4.90 Å². The monoisotopic (exact) mass is 294 g/mol. The molecule has 0 spiro atoms. The largest absolute Gasteiger partial charge is 0.360 e. The van der Waals surface area contributed by atoms with Crippen LogP contribution in [0.4, 0.5) is 5.82 Å². The van der Waals surface area contributed by atoms with Crippen LogP contribution >= 0.6 is 0 Å². The van der Waals surface area contributed by atoms with Gasteiger partial charge in [0.15, 0.2) is 16.9 Å². The van der Waals surface area contributed by atoms with Crippen molar-refractivity contribution in [2.24, 2.45) is 0 Å². The molecule has 1 amide bonds. The molecule has 2 aromatic rings. The van der Waals surface area contributed by atoms with Crippen LogP contribution in [0.1, 0.15) is 11.3 Å². The Bertz CT molecular complexity index is 622. The topological polar surface area (TPSA) is 81.4 Å². The van der Waals surface area contributed by atoms with Crippen molar-refractivity contribution in [3.63, 3.8) is 0 Å². The van der Waals surface area contributed by atoms with Gasteiger partial charge in [0.1, 0.15) is 12.4 Å². The SMILES string of the molecule is Cc1ccc([S@](=O)OCC(=O)Nc2cc(C)on2)cc1. The van der Waals surface area contributed by atoms with Crippen LogP contribution in [0.25, 0.3) is 0 Å². The number of benzene rings is 1. The maximum Gasteiger partial charge on any atom is 0.253 e. The number of aromatic nitrogens is 1. The van der Waals surface area contributed by atoms with E-state index in [4.69, 9.17) is 8.71 Å². The molecule has 0 bridgehead atoms. The molecule has 1 aromatic heterocycles. The van der Waals surface area contributed by atoms with Gasteiger partial charge in [0, 0.05) is 6.07 Å². The summed E-state index contributed by atoms with van der Waals surface area (Å²) >= 11 is -1.67. The number of carbonyl (C=O) groups excluding carboxylic acids is 1. The minimum absolute atomic E-state index is 0.303. The number of rotatable bonds is 5. The zero-order valence-electron chi connectivity index (χ0n) is 11.1. The molecule has 0 saturated heterocycles. The third kappa shape index (κ3) is 4.01. The smallest absolute Gasteiger partial charge is 0.253 e. The summed E-state index contributed by atoms with van der Waals surface area (Å²) in [5, 5.41) is 6.09. The van der Waals surface area contributed by atoms with E-state index in [0.29, 0.717) is 16.5 Å². The highest BCUT2D eigenvalue weighted by molar-refractivity contribution is 7.80. The first-order valence-corrected chi connectivity index (χ1v) is 6.97. The molecule has 0 radical (unpaired) electrons. The summed E-state index contributed by atoms with van der Waals surface area (Å²) < 4.78 is 21.6. The molecule has 7 heteroatoms. The van der Waals surface area contributed by atoms with Crippen molar-refractivity contribution in [2.45, 2.75) is 18.7 Å². The molecule has 106 valence electrons. The summed E-state index contributed by atoms with van der Waals surface area (Å²) in [4.78, 5) is 12.1. The van der Waals surface area contributed by atoms with Crippen LogP contribution in [-0.2, 0) is 20.1 Å². The van der Waals surface area contributed by atoms with Crippen LogP contribution in [0.5, 0.6) is 0 Å². The van der Waals surface area contributed by atoms with Gasteiger partial charge in [-0.05, 0) is 26.0 Å². The van der Waals surface area contributed by atoms with E-state index in [-0.39, 0.29) is 6.61 Å². The van der Waals surface area contributed by atoms with Crippen molar-refractivity contribution in [2.75, 3.05) is 11.9 Å². The van der Waals surface area contributed by atoms with Crippen LogP contribution in [0.3, 0.4) is 0 Å². The molecule has 0 unspecified atom stereocenters.